The van der Waals surface area contributed by atoms with Gasteiger partial charge >= 0.3 is 0 Å². The zero-order chi connectivity index (χ0) is 17.4. The third-order valence-electron chi connectivity index (χ3n) is 5.18. The van der Waals surface area contributed by atoms with Crippen molar-refractivity contribution in [2.24, 2.45) is 4.99 Å². The van der Waals surface area contributed by atoms with Crippen molar-refractivity contribution in [3.63, 3.8) is 0 Å². The summed E-state index contributed by atoms with van der Waals surface area (Å²) in [5.41, 5.74) is 6.42. The lowest BCUT2D eigenvalue weighted by atomic mass is 10.0. The summed E-state index contributed by atoms with van der Waals surface area (Å²) in [7, 11) is 0. The Morgan fingerprint density at radius 1 is 1.20 bits per heavy atom. The molecule has 2 aromatic rings. The summed E-state index contributed by atoms with van der Waals surface area (Å²) in [6, 6.07) is 2.17. The molecule has 0 fully saturated rings. The van der Waals surface area contributed by atoms with E-state index in [1.54, 1.807) is 0 Å². The van der Waals surface area contributed by atoms with Crippen LogP contribution in [-0.4, -0.2) is 38.7 Å². The van der Waals surface area contributed by atoms with Gasteiger partial charge in [0.1, 0.15) is 0 Å². The van der Waals surface area contributed by atoms with E-state index in [0.29, 0.717) is 12.4 Å². The molecule has 0 saturated heterocycles. The van der Waals surface area contributed by atoms with Gasteiger partial charge in [0.15, 0.2) is 5.82 Å². The van der Waals surface area contributed by atoms with Gasteiger partial charge in [-0.3, -0.25) is 14.7 Å². The minimum atomic E-state index is -0.00244. The van der Waals surface area contributed by atoms with Crippen LogP contribution in [-0.2, 0) is 19.5 Å². The van der Waals surface area contributed by atoms with E-state index < -0.39 is 0 Å². The molecule has 132 valence electrons. The maximum Gasteiger partial charge on any atom is 0.255 e. The normalized spacial score (nSPS) is 18.1. The van der Waals surface area contributed by atoms with Crippen LogP contribution in [0.15, 0.2) is 15.9 Å². The van der Waals surface area contributed by atoms with Crippen LogP contribution in [0.5, 0.6) is 0 Å². The van der Waals surface area contributed by atoms with Crippen molar-refractivity contribution >= 4 is 5.71 Å². The molecule has 2 aliphatic rings. The topological polar surface area (TPSA) is 77.1 Å². The Kier molecular flexibility index (Phi) is 4.29. The number of aromatic nitrogens is 3. The van der Waals surface area contributed by atoms with Gasteiger partial charge in [-0.15, -0.1) is 0 Å². The van der Waals surface area contributed by atoms with Crippen molar-refractivity contribution in [2.75, 3.05) is 13.1 Å². The zero-order valence-electron chi connectivity index (χ0n) is 15.0. The van der Waals surface area contributed by atoms with Crippen LogP contribution in [0.2, 0.25) is 0 Å². The fourth-order valence-electron chi connectivity index (χ4n) is 3.82. The van der Waals surface area contributed by atoms with Gasteiger partial charge in [-0.1, -0.05) is 0 Å². The van der Waals surface area contributed by atoms with E-state index in [1.165, 1.54) is 17.0 Å². The fraction of sp³-hybridized carbons (Fsp3) is 0.526. The largest absolute Gasteiger partial charge is 0.361 e. The minimum Gasteiger partial charge on any atom is -0.361 e. The first kappa shape index (κ1) is 16.3. The number of nitrogens with one attached hydrogen (secondary N) is 2. The third kappa shape index (κ3) is 3.31. The lowest BCUT2D eigenvalue weighted by Gasteiger charge is -2.27. The maximum absolute atomic E-state index is 12.6. The summed E-state index contributed by atoms with van der Waals surface area (Å²) in [5.74, 6) is 0.688. The van der Waals surface area contributed by atoms with Crippen LogP contribution in [0, 0.1) is 13.8 Å². The van der Waals surface area contributed by atoms with Crippen LogP contribution in [0.1, 0.15) is 53.3 Å². The van der Waals surface area contributed by atoms with Gasteiger partial charge in [-0.05, 0) is 44.7 Å². The monoisotopic (exact) mass is 339 g/mol. The average molecular weight is 339 g/mol. The molecule has 2 aromatic heterocycles. The number of hydrogen-bond donors (Lipinski definition) is 2. The molecule has 0 bridgehead atoms. The standard InChI is InChI=1S/C19H25N5O/c1-12-9-13(2)21-17(12)11-24-8-6-15-14(10-24)19(25)23-18(22-15)16-5-3-4-7-20-16/h9,21H,3-8,10-11H2,1-2H3,(H,22,23,25). The molecule has 0 amide bonds. The molecule has 0 aromatic carbocycles. The summed E-state index contributed by atoms with van der Waals surface area (Å²) in [6.45, 7) is 7.47. The summed E-state index contributed by atoms with van der Waals surface area (Å²) in [6.07, 6.45) is 3.99. The molecule has 4 rings (SSSR count). The Morgan fingerprint density at radius 3 is 2.80 bits per heavy atom. The molecule has 2 aliphatic heterocycles. The van der Waals surface area contributed by atoms with E-state index in [0.717, 1.165) is 62.3 Å². The quantitative estimate of drug-likeness (QED) is 0.900. The number of aliphatic imine (C=N–C) groups is 1. The number of H-pyrrole nitrogens is 2. The lowest BCUT2D eigenvalue weighted by Crippen LogP contribution is -2.36. The molecule has 4 heterocycles. The van der Waals surface area contributed by atoms with E-state index in [4.69, 9.17) is 4.98 Å². The predicted octanol–water partition coefficient (Wildman–Crippen LogP) is 2.25. The third-order valence-corrected chi connectivity index (χ3v) is 5.18. The van der Waals surface area contributed by atoms with Crippen molar-refractivity contribution in [2.45, 2.75) is 52.6 Å². The molecule has 6 heteroatoms. The highest BCUT2D eigenvalue weighted by Gasteiger charge is 2.23. The van der Waals surface area contributed by atoms with Gasteiger partial charge < -0.3 is 9.97 Å². The van der Waals surface area contributed by atoms with E-state index in [-0.39, 0.29) is 5.56 Å². The molecule has 0 unspecified atom stereocenters. The molecular weight excluding hydrogens is 314 g/mol. The van der Waals surface area contributed by atoms with Crippen LogP contribution in [0.3, 0.4) is 0 Å². The van der Waals surface area contributed by atoms with Gasteiger partial charge in [0.2, 0.25) is 0 Å². The van der Waals surface area contributed by atoms with Crippen molar-refractivity contribution in [3.8, 4) is 0 Å². The Morgan fingerprint density at radius 2 is 2.08 bits per heavy atom. The molecule has 0 saturated carbocycles. The SMILES string of the molecule is Cc1cc(C)c(CN2CCc3nc(C4=NCCCC4)[nH]c(=O)c3C2)[nH]1. The molecule has 2 N–H and O–H groups in total. The van der Waals surface area contributed by atoms with Crippen molar-refractivity contribution < 1.29 is 0 Å². The maximum atomic E-state index is 12.6. The van der Waals surface area contributed by atoms with Gasteiger partial charge in [0, 0.05) is 44.0 Å². The number of fused-ring (bicyclic) bond motifs is 1. The van der Waals surface area contributed by atoms with Crippen molar-refractivity contribution in [1.29, 1.82) is 0 Å². The Bertz CT molecular complexity index is 876. The van der Waals surface area contributed by atoms with Crippen LogP contribution in [0.4, 0.5) is 0 Å². The molecule has 25 heavy (non-hydrogen) atoms. The van der Waals surface area contributed by atoms with E-state index in [9.17, 15) is 4.79 Å². The van der Waals surface area contributed by atoms with E-state index >= 15 is 0 Å². The first-order valence-electron chi connectivity index (χ1n) is 9.13. The predicted molar refractivity (Wildman–Crippen MR) is 98.2 cm³/mol. The first-order valence-corrected chi connectivity index (χ1v) is 9.13. The minimum absolute atomic E-state index is 0.00244. The second kappa shape index (κ2) is 6.59. The Hall–Kier alpha value is -2.21. The Labute approximate surface area is 147 Å². The smallest absolute Gasteiger partial charge is 0.255 e. The second-order valence-corrected chi connectivity index (χ2v) is 7.20. The zero-order valence-corrected chi connectivity index (χ0v) is 15.0. The van der Waals surface area contributed by atoms with Crippen LogP contribution < -0.4 is 5.56 Å². The highest BCUT2D eigenvalue weighted by atomic mass is 16.1. The number of rotatable bonds is 3. The van der Waals surface area contributed by atoms with Gasteiger partial charge in [0.25, 0.3) is 5.56 Å². The average Bonchev–Trinajstić information content (AvgIpc) is 2.93. The lowest BCUT2D eigenvalue weighted by molar-refractivity contribution is 0.238. The summed E-state index contributed by atoms with van der Waals surface area (Å²) < 4.78 is 0. The molecule has 0 radical (unpaired) electrons. The summed E-state index contributed by atoms with van der Waals surface area (Å²) >= 11 is 0. The Balaban J connectivity index is 1.56. The van der Waals surface area contributed by atoms with Crippen molar-refractivity contribution in [3.05, 3.63) is 50.5 Å². The van der Waals surface area contributed by atoms with Gasteiger partial charge in [-0.2, -0.15) is 0 Å². The fourth-order valence-corrected chi connectivity index (χ4v) is 3.82. The van der Waals surface area contributed by atoms with E-state index in [1.807, 2.05) is 0 Å². The molecule has 0 spiro atoms. The number of aromatic amines is 2. The summed E-state index contributed by atoms with van der Waals surface area (Å²) in [4.78, 5) is 30.6. The highest BCUT2D eigenvalue weighted by Crippen LogP contribution is 2.19. The number of hydrogen-bond acceptors (Lipinski definition) is 4. The van der Waals surface area contributed by atoms with Gasteiger partial charge in [-0.25, -0.2) is 4.98 Å². The second-order valence-electron chi connectivity index (χ2n) is 7.20. The van der Waals surface area contributed by atoms with Crippen molar-refractivity contribution in [1.82, 2.24) is 19.9 Å². The van der Waals surface area contributed by atoms with E-state index in [2.05, 4.69) is 39.8 Å². The molecule has 0 aliphatic carbocycles. The van der Waals surface area contributed by atoms with Crippen LogP contribution in [0.25, 0.3) is 0 Å². The molecule has 0 atom stereocenters. The van der Waals surface area contributed by atoms with Gasteiger partial charge in [0.05, 0.1) is 17.0 Å². The highest BCUT2D eigenvalue weighted by molar-refractivity contribution is 5.97. The number of nitrogens with zero attached hydrogens (tertiary/aromatic N) is 3. The first-order chi connectivity index (χ1) is 12.1. The molecular formula is C19H25N5O. The number of aryl methyl sites for hydroxylation is 2. The molecule has 6 nitrogen and oxygen atoms in total. The van der Waals surface area contributed by atoms with Crippen LogP contribution >= 0.6 is 0 Å². The summed E-state index contributed by atoms with van der Waals surface area (Å²) in [5, 5.41) is 0.